The lowest BCUT2D eigenvalue weighted by Gasteiger charge is -2.18. The first kappa shape index (κ1) is 15.8. The molecule has 0 bridgehead atoms. The Morgan fingerprint density at radius 1 is 1.20 bits per heavy atom. The van der Waals surface area contributed by atoms with Crippen LogP contribution in [0.2, 0.25) is 0 Å². The van der Waals surface area contributed by atoms with Crippen LogP contribution in [0.15, 0.2) is 24.3 Å². The first-order valence-electron chi connectivity index (χ1n) is 6.34. The van der Waals surface area contributed by atoms with Crippen LogP contribution in [0.25, 0.3) is 0 Å². The second-order valence-electron chi connectivity index (χ2n) is 5.29. The lowest BCUT2D eigenvalue weighted by Crippen LogP contribution is -2.32. The van der Waals surface area contributed by atoms with Crippen molar-refractivity contribution in [1.29, 1.82) is 0 Å². The topological polar surface area (TPSA) is 55.4 Å². The van der Waals surface area contributed by atoms with Gasteiger partial charge in [-0.25, -0.2) is 4.79 Å². The minimum absolute atomic E-state index is 0.0242. The third-order valence-electron chi connectivity index (χ3n) is 2.24. The van der Waals surface area contributed by atoms with E-state index in [1.54, 1.807) is 45.0 Å². The Bertz CT molecular complexity index is 542. The van der Waals surface area contributed by atoms with Crippen LogP contribution < -0.4 is 5.32 Å². The highest BCUT2D eigenvalue weighted by Gasteiger charge is 2.14. The van der Waals surface area contributed by atoms with E-state index < -0.39 is 11.7 Å². The Morgan fingerprint density at radius 2 is 1.80 bits per heavy atom. The van der Waals surface area contributed by atoms with E-state index in [0.717, 1.165) is 5.56 Å². The number of ketones is 1. The predicted octanol–water partition coefficient (Wildman–Crippen LogP) is 2.77. The Hall–Kier alpha value is -2.28. The SMILES string of the molecule is CC(=O)c1ccc(C#CCNC(=O)OC(C)(C)C)cc1. The average Bonchev–Trinajstić information content (AvgIpc) is 2.33. The summed E-state index contributed by atoms with van der Waals surface area (Å²) in [4.78, 5) is 22.5. The minimum Gasteiger partial charge on any atom is -0.444 e. The molecule has 1 amide bonds. The van der Waals surface area contributed by atoms with Crippen LogP contribution in [0.3, 0.4) is 0 Å². The number of Topliss-reactive ketones (excluding diaryl/α,β-unsaturated/α-hetero) is 1. The minimum atomic E-state index is -0.514. The summed E-state index contributed by atoms with van der Waals surface area (Å²) in [6, 6.07) is 7.01. The van der Waals surface area contributed by atoms with Crippen LogP contribution >= 0.6 is 0 Å². The van der Waals surface area contributed by atoms with Crippen molar-refractivity contribution >= 4 is 11.9 Å². The highest BCUT2D eigenvalue weighted by molar-refractivity contribution is 5.94. The predicted molar refractivity (Wildman–Crippen MR) is 77.6 cm³/mol. The largest absolute Gasteiger partial charge is 0.444 e. The molecule has 0 aromatic heterocycles. The smallest absolute Gasteiger partial charge is 0.408 e. The number of hydrogen-bond acceptors (Lipinski definition) is 3. The van der Waals surface area contributed by atoms with Crippen molar-refractivity contribution < 1.29 is 14.3 Å². The van der Waals surface area contributed by atoms with Gasteiger partial charge in [-0.2, -0.15) is 0 Å². The fourth-order valence-corrected chi connectivity index (χ4v) is 1.37. The van der Waals surface area contributed by atoms with Crippen molar-refractivity contribution in [2.24, 2.45) is 0 Å². The van der Waals surface area contributed by atoms with Gasteiger partial charge in [-0.3, -0.25) is 4.79 Å². The Labute approximate surface area is 119 Å². The summed E-state index contributed by atoms with van der Waals surface area (Å²) in [6.45, 7) is 7.13. The van der Waals surface area contributed by atoms with Crippen molar-refractivity contribution in [3.8, 4) is 11.8 Å². The van der Waals surface area contributed by atoms with Crippen LogP contribution in [0.5, 0.6) is 0 Å². The molecule has 0 heterocycles. The second kappa shape index (κ2) is 6.76. The van der Waals surface area contributed by atoms with E-state index in [4.69, 9.17) is 4.74 Å². The van der Waals surface area contributed by atoms with E-state index in [-0.39, 0.29) is 12.3 Å². The summed E-state index contributed by atoms with van der Waals surface area (Å²) in [5.74, 6) is 5.74. The summed E-state index contributed by atoms with van der Waals surface area (Å²) in [6.07, 6.45) is -0.487. The van der Waals surface area contributed by atoms with Crippen LogP contribution in [-0.2, 0) is 4.74 Å². The standard InChI is InChI=1S/C16H19NO3/c1-12(18)14-9-7-13(8-10-14)6-5-11-17-15(19)20-16(2,3)4/h7-10H,11H2,1-4H3,(H,17,19). The molecule has 20 heavy (non-hydrogen) atoms. The van der Waals surface area contributed by atoms with Gasteiger partial charge in [-0.05, 0) is 39.8 Å². The summed E-state index contributed by atoms with van der Waals surface area (Å²) >= 11 is 0. The van der Waals surface area contributed by atoms with E-state index in [1.165, 1.54) is 6.92 Å². The van der Waals surface area contributed by atoms with Crippen LogP contribution in [-0.4, -0.2) is 24.0 Å². The van der Waals surface area contributed by atoms with Crippen LogP contribution in [0, 0.1) is 11.8 Å². The number of hydrogen-bond donors (Lipinski definition) is 1. The van der Waals surface area contributed by atoms with E-state index in [9.17, 15) is 9.59 Å². The molecule has 4 nitrogen and oxygen atoms in total. The van der Waals surface area contributed by atoms with E-state index in [2.05, 4.69) is 17.2 Å². The van der Waals surface area contributed by atoms with Gasteiger partial charge in [-0.1, -0.05) is 24.0 Å². The molecule has 1 aromatic rings. The molecular formula is C16H19NO3. The van der Waals surface area contributed by atoms with Crippen molar-refractivity contribution in [1.82, 2.24) is 5.32 Å². The number of rotatable bonds is 2. The van der Waals surface area contributed by atoms with Gasteiger partial charge in [0.05, 0.1) is 6.54 Å². The molecule has 0 aliphatic heterocycles. The fourth-order valence-electron chi connectivity index (χ4n) is 1.37. The van der Waals surface area contributed by atoms with E-state index in [1.807, 2.05) is 0 Å². The second-order valence-corrected chi connectivity index (χ2v) is 5.29. The summed E-state index contributed by atoms with van der Waals surface area (Å²) < 4.78 is 5.08. The number of ether oxygens (including phenoxy) is 1. The molecule has 106 valence electrons. The maximum absolute atomic E-state index is 11.4. The molecule has 0 radical (unpaired) electrons. The Balaban J connectivity index is 2.47. The van der Waals surface area contributed by atoms with Gasteiger partial charge in [0.25, 0.3) is 0 Å². The zero-order chi connectivity index (χ0) is 15.2. The monoisotopic (exact) mass is 273 g/mol. The summed E-state index contributed by atoms with van der Waals surface area (Å²) in [5, 5.41) is 2.55. The molecule has 0 saturated heterocycles. The highest BCUT2D eigenvalue weighted by atomic mass is 16.6. The molecule has 1 aromatic carbocycles. The molecule has 0 unspecified atom stereocenters. The molecule has 1 N–H and O–H groups in total. The molecule has 0 saturated carbocycles. The molecule has 0 spiro atoms. The molecule has 1 rings (SSSR count). The van der Waals surface area contributed by atoms with Crippen molar-refractivity contribution in [2.45, 2.75) is 33.3 Å². The maximum Gasteiger partial charge on any atom is 0.408 e. The Kier molecular flexibility index (Phi) is 5.33. The normalized spacial score (nSPS) is 10.2. The van der Waals surface area contributed by atoms with E-state index in [0.29, 0.717) is 5.56 Å². The molecule has 4 heteroatoms. The number of carbonyl (C=O) groups is 2. The zero-order valence-corrected chi connectivity index (χ0v) is 12.2. The zero-order valence-electron chi connectivity index (χ0n) is 12.2. The molecule has 0 fully saturated rings. The molecule has 0 atom stereocenters. The summed E-state index contributed by atoms with van der Waals surface area (Å²) in [5.41, 5.74) is 0.934. The number of amides is 1. The number of carbonyl (C=O) groups excluding carboxylic acids is 2. The lowest BCUT2D eigenvalue weighted by molar-refractivity contribution is 0.0535. The summed E-state index contributed by atoms with van der Waals surface area (Å²) in [7, 11) is 0. The third kappa shape index (κ3) is 6.05. The van der Waals surface area contributed by atoms with Gasteiger partial charge in [-0.15, -0.1) is 0 Å². The fraction of sp³-hybridized carbons (Fsp3) is 0.375. The van der Waals surface area contributed by atoms with Gasteiger partial charge < -0.3 is 10.1 Å². The van der Waals surface area contributed by atoms with Gasteiger partial charge in [0.1, 0.15) is 5.60 Å². The van der Waals surface area contributed by atoms with Crippen molar-refractivity contribution in [2.75, 3.05) is 6.54 Å². The number of benzene rings is 1. The van der Waals surface area contributed by atoms with Gasteiger partial charge in [0.2, 0.25) is 0 Å². The van der Waals surface area contributed by atoms with Gasteiger partial charge in [0.15, 0.2) is 5.78 Å². The number of alkyl carbamates (subject to hydrolysis) is 1. The van der Waals surface area contributed by atoms with E-state index >= 15 is 0 Å². The third-order valence-corrected chi connectivity index (χ3v) is 2.24. The van der Waals surface area contributed by atoms with Crippen molar-refractivity contribution in [3.05, 3.63) is 35.4 Å². The first-order chi connectivity index (χ1) is 9.28. The Morgan fingerprint density at radius 3 is 2.30 bits per heavy atom. The molecular weight excluding hydrogens is 254 g/mol. The average molecular weight is 273 g/mol. The maximum atomic E-state index is 11.4. The van der Waals surface area contributed by atoms with Crippen molar-refractivity contribution in [3.63, 3.8) is 0 Å². The highest BCUT2D eigenvalue weighted by Crippen LogP contribution is 2.06. The van der Waals surface area contributed by atoms with Crippen LogP contribution in [0.4, 0.5) is 4.79 Å². The lowest BCUT2D eigenvalue weighted by atomic mass is 10.1. The molecule has 0 aliphatic carbocycles. The first-order valence-corrected chi connectivity index (χ1v) is 6.34. The van der Waals surface area contributed by atoms with Gasteiger partial charge in [0, 0.05) is 11.1 Å². The number of nitrogens with one attached hydrogen (secondary N) is 1. The van der Waals surface area contributed by atoms with Gasteiger partial charge >= 0.3 is 6.09 Å². The van der Waals surface area contributed by atoms with Crippen LogP contribution in [0.1, 0.15) is 43.6 Å². The molecule has 0 aliphatic rings. The quantitative estimate of drug-likeness (QED) is 0.666.